The zero-order valence-electron chi connectivity index (χ0n) is 27.4. The number of anilines is 1. The van der Waals surface area contributed by atoms with Crippen LogP contribution in [0.3, 0.4) is 0 Å². The monoisotopic (exact) mass is 675 g/mol. The lowest BCUT2D eigenvalue weighted by atomic mass is 10.0. The van der Waals surface area contributed by atoms with Crippen molar-refractivity contribution in [1.82, 2.24) is 10.2 Å². The summed E-state index contributed by atoms with van der Waals surface area (Å²) in [5, 5.41) is 3.51. The summed E-state index contributed by atoms with van der Waals surface area (Å²) in [6.45, 7) is 9.25. The lowest BCUT2D eigenvalue weighted by molar-refractivity contribution is -0.140. The first-order valence-corrected chi connectivity index (χ1v) is 17.3. The van der Waals surface area contributed by atoms with Gasteiger partial charge in [0.25, 0.3) is 10.0 Å². The molecule has 8 nitrogen and oxygen atoms in total. The Labute approximate surface area is 283 Å². The number of carbonyl (C=O) groups excluding carboxylic acids is 2. The number of nitrogens with one attached hydrogen (secondary N) is 1. The van der Waals surface area contributed by atoms with Gasteiger partial charge in [0.2, 0.25) is 11.8 Å². The highest BCUT2D eigenvalue weighted by Gasteiger charge is 2.35. The molecule has 0 saturated heterocycles. The predicted molar refractivity (Wildman–Crippen MR) is 187 cm³/mol. The average Bonchev–Trinajstić information content (AvgIpc) is 3.02. The van der Waals surface area contributed by atoms with Crippen LogP contribution in [0.2, 0.25) is 5.02 Å². The number of benzene rings is 4. The highest BCUT2D eigenvalue weighted by molar-refractivity contribution is 7.92. The number of hydrogen-bond acceptors (Lipinski definition) is 5. The Morgan fingerprint density at radius 3 is 2.11 bits per heavy atom. The number of rotatable bonds is 13. The number of hydrogen-bond donors (Lipinski definition) is 1. The molecule has 4 aromatic carbocycles. The van der Waals surface area contributed by atoms with Gasteiger partial charge in [-0.2, -0.15) is 0 Å². The van der Waals surface area contributed by atoms with E-state index < -0.39 is 34.1 Å². The van der Waals surface area contributed by atoms with Gasteiger partial charge in [-0.15, -0.1) is 0 Å². The zero-order chi connectivity index (χ0) is 34.2. The largest absolute Gasteiger partial charge is 0.494 e. The number of carbonyl (C=O) groups is 2. The fraction of sp³-hybridized carbons (Fsp3) is 0.297. The Bertz CT molecular complexity index is 1760. The second-order valence-corrected chi connectivity index (χ2v) is 14.6. The first-order chi connectivity index (χ1) is 22.3. The van der Waals surface area contributed by atoms with Crippen LogP contribution in [0.25, 0.3) is 0 Å². The van der Waals surface area contributed by atoms with Crippen molar-refractivity contribution < 1.29 is 22.7 Å². The molecule has 0 saturated carbocycles. The molecule has 0 aromatic heterocycles. The van der Waals surface area contributed by atoms with Gasteiger partial charge in [-0.05, 0) is 94.3 Å². The normalized spacial score (nSPS) is 12.2. The van der Waals surface area contributed by atoms with E-state index in [1.807, 2.05) is 71.0 Å². The van der Waals surface area contributed by atoms with Crippen LogP contribution in [0.15, 0.2) is 108 Å². The average molecular weight is 676 g/mol. The maximum atomic E-state index is 14.6. The van der Waals surface area contributed by atoms with Gasteiger partial charge >= 0.3 is 0 Å². The summed E-state index contributed by atoms with van der Waals surface area (Å²) in [6.07, 6.45) is 0.211. The van der Waals surface area contributed by atoms with Crippen LogP contribution in [-0.4, -0.2) is 49.9 Å². The molecular weight excluding hydrogens is 634 g/mol. The number of sulfonamides is 1. The van der Waals surface area contributed by atoms with E-state index in [1.54, 1.807) is 54.6 Å². The van der Waals surface area contributed by atoms with Gasteiger partial charge in [0.1, 0.15) is 18.3 Å². The van der Waals surface area contributed by atoms with E-state index in [0.717, 1.165) is 15.4 Å². The summed E-state index contributed by atoms with van der Waals surface area (Å²) in [6, 6.07) is 28.5. The van der Waals surface area contributed by atoms with Gasteiger partial charge in [-0.25, -0.2) is 8.42 Å². The summed E-state index contributed by atoms with van der Waals surface area (Å²) in [5.74, 6) is -0.343. The number of aryl methyl sites for hydroxylation is 1. The highest BCUT2D eigenvalue weighted by atomic mass is 35.5. The molecular formula is C37H42ClN3O5S. The molecule has 4 aromatic rings. The van der Waals surface area contributed by atoms with Crippen molar-refractivity contribution in [2.75, 3.05) is 17.5 Å². The van der Waals surface area contributed by atoms with Crippen molar-refractivity contribution >= 4 is 39.1 Å². The fourth-order valence-corrected chi connectivity index (χ4v) is 6.71. The van der Waals surface area contributed by atoms with Gasteiger partial charge in [0, 0.05) is 23.5 Å². The second-order valence-electron chi connectivity index (χ2n) is 12.3. The van der Waals surface area contributed by atoms with Crippen molar-refractivity contribution in [3.8, 4) is 5.75 Å². The van der Waals surface area contributed by atoms with Crippen LogP contribution in [0.5, 0.6) is 5.75 Å². The first kappa shape index (κ1) is 35.5. The van der Waals surface area contributed by atoms with Crippen molar-refractivity contribution in [2.24, 2.45) is 0 Å². The van der Waals surface area contributed by atoms with Crippen LogP contribution in [0.4, 0.5) is 5.69 Å². The SMILES string of the molecule is CCOc1ccc(N(CC(=O)N(Cc2cccc(Cl)c2)[C@@H](Cc2ccccc2)C(=O)NC(C)(C)C)S(=O)(=O)c2ccc(C)cc2)cc1. The van der Waals surface area contributed by atoms with E-state index in [1.165, 1.54) is 17.0 Å². The number of amides is 2. The quantitative estimate of drug-likeness (QED) is 0.168. The minimum absolute atomic E-state index is 0.0240. The molecule has 0 fully saturated rings. The van der Waals surface area contributed by atoms with E-state index in [0.29, 0.717) is 22.9 Å². The maximum Gasteiger partial charge on any atom is 0.264 e. The van der Waals surface area contributed by atoms with Gasteiger partial charge in [0.15, 0.2) is 0 Å². The molecule has 10 heteroatoms. The standard InChI is InChI=1S/C37H42ClN3O5S/c1-6-46-32-19-17-31(18-20-32)41(47(44,45)33-21-15-27(2)16-22-33)26-35(42)40(25-29-13-10-14-30(38)23-29)34(36(43)39-37(3,4)5)24-28-11-8-7-9-12-28/h7-23,34H,6,24-26H2,1-5H3,(H,39,43)/t34-/m0/s1. The molecule has 248 valence electrons. The summed E-state index contributed by atoms with van der Waals surface area (Å²) in [5.41, 5.74) is 2.14. The van der Waals surface area contributed by atoms with Crippen molar-refractivity contribution in [1.29, 1.82) is 0 Å². The Hall–Kier alpha value is -4.34. The Kier molecular flexibility index (Phi) is 11.7. The molecule has 4 rings (SSSR count). The Morgan fingerprint density at radius 1 is 0.872 bits per heavy atom. The van der Waals surface area contributed by atoms with Crippen LogP contribution in [-0.2, 0) is 32.6 Å². The third-order valence-corrected chi connectivity index (χ3v) is 9.36. The fourth-order valence-electron chi connectivity index (χ4n) is 5.08. The molecule has 0 aliphatic rings. The Balaban J connectivity index is 1.82. The molecule has 0 unspecified atom stereocenters. The smallest absolute Gasteiger partial charge is 0.264 e. The van der Waals surface area contributed by atoms with E-state index in [2.05, 4.69) is 5.32 Å². The molecule has 1 N–H and O–H groups in total. The molecule has 0 radical (unpaired) electrons. The van der Waals surface area contributed by atoms with Crippen molar-refractivity contribution in [3.05, 3.63) is 125 Å². The first-order valence-electron chi connectivity index (χ1n) is 15.5. The topological polar surface area (TPSA) is 96.0 Å². The molecule has 2 amide bonds. The van der Waals surface area contributed by atoms with Gasteiger partial charge in [-0.1, -0.05) is 71.8 Å². The molecule has 1 atom stereocenters. The minimum atomic E-state index is -4.21. The zero-order valence-corrected chi connectivity index (χ0v) is 29.0. The van der Waals surface area contributed by atoms with Crippen LogP contribution >= 0.6 is 11.6 Å². The Morgan fingerprint density at radius 2 is 1.51 bits per heavy atom. The lowest BCUT2D eigenvalue weighted by Gasteiger charge is -2.35. The van der Waals surface area contributed by atoms with Crippen LogP contribution < -0.4 is 14.4 Å². The van der Waals surface area contributed by atoms with Gasteiger partial charge < -0.3 is 15.0 Å². The summed E-state index contributed by atoms with van der Waals surface area (Å²) in [7, 11) is -4.21. The summed E-state index contributed by atoms with van der Waals surface area (Å²) < 4.78 is 35.1. The second kappa shape index (κ2) is 15.5. The molecule has 0 aliphatic carbocycles. The van der Waals surface area contributed by atoms with Crippen molar-refractivity contribution in [3.63, 3.8) is 0 Å². The van der Waals surface area contributed by atoms with Crippen LogP contribution in [0.1, 0.15) is 44.4 Å². The maximum absolute atomic E-state index is 14.6. The minimum Gasteiger partial charge on any atom is -0.494 e. The number of halogens is 1. The van der Waals surface area contributed by atoms with E-state index in [9.17, 15) is 18.0 Å². The molecule has 0 heterocycles. The summed E-state index contributed by atoms with van der Waals surface area (Å²) in [4.78, 5) is 30.1. The lowest BCUT2D eigenvalue weighted by Crippen LogP contribution is -2.56. The van der Waals surface area contributed by atoms with Gasteiger partial charge in [0.05, 0.1) is 17.2 Å². The molecule has 0 aliphatic heterocycles. The van der Waals surface area contributed by atoms with E-state index in [4.69, 9.17) is 16.3 Å². The van der Waals surface area contributed by atoms with Crippen molar-refractivity contribution in [2.45, 2.75) is 64.1 Å². The third kappa shape index (κ3) is 9.83. The molecule has 0 spiro atoms. The molecule has 47 heavy (non-hydrogen) atoms. The molecule has 0 bridgehead atoms. The number of nitrogens with zero attached hydrogens (tertiary/aromatic N) is 2. The van der Waals surface area contributed by atoms with Crippen LogP contribution in [0, 0.1) is 6.92 Å². The van der Waals surface area contributed by atoms with E-state index >= 15 is 0 Å². The predicted octanol–water partition coefficient (Wildman–Crippen LogP) is 6.80. The van der Waals surface area contributed by atoms with Gasteiger partial charge in [-0.3, -0.25) is 13.9 Å². The number of ether oxygens (including phenoxy) is 1. The highest BCUT2D eigenvalue weighted by Crippen LogP contribution is 2.27. The summed E-state index contributed by atoms with van der Waals surface area (Å²) >= 11 is 6.32. The third-order valence-electron chi connectivity index (χ3n) is 7.33. The van der Waals surface area contributed by atoms with E-state index in [-0.39, 0.29) is 29.5 Å².